The first-order valence-corrected chi connectivity index (χ1v) is 20.7. The van der Waals surface area contributed by atoms with Crippen LogP contribution in [0.5, 0.6) is 0 Å². The third-order valence-electron chi connectivity index (χ3n) is 8.33. The first-order chi connectivity index (χ1) is 21.8. The van der Waals surface area contributed by atoms with E-state index in [1.165, 1.54) is 63.2 Å². The molecule has 3 aliphatic heterocycles. The quantitative estimate of drug-likeness (QED) is 0.151. The van der Waals surface area contributed by atoms with Crippen molar-refractivity contribution in [3.05, 3.63) is 162 Å². The largest absolute Gasteiger partial charge is 0.121 e. The molecule has 2 bridgehead atoms. The summed E-state index contributed by atoms with van der Waals surface area (Å²) in [5.74, 6) is 2.88. The molecular weight excluding hydrogens is 627 g/mol. The van der Waals surface area contributed by atoms with E-state index in [1.807, 2.05) is 35.3 Å². The Morgan fingerprint density at radius 2 is 0.659 bits per heavy atom. The van der Waals surface area contributed by atoms with E-state index in [0.717, 1.165) is 17.3 Å². The van der Waals surface area contributed by atoms with Crippen molar-refractivity contribution < 1.29 is 0 Å². The van der Waals surface area contributed by atoms with Gasteiger partial charge in [0.15, 0.2) is 0 Å². The molecule has 3 heterocycles. The number of fused-ring (bicyclic) bond motifs is 3. The highest BCUT2D eigenvalue weighted by molar-refractivity contribution is 8.01. The molecule has 0 saturated heterocycles. The fourth-order valence-corrected chi connectivity index (χ4v) is 16.4. The molecule has 0 nitrogen and oxygen atoms in total. The summed E-state index contributed by atoms with van der Waals surface area (Å²) in [6.45, 7) is 0. The number of hydrogen-bond acceptors (Lipinski definition) is 3. The van der Waals surface area contributed by atoms with Crippen molar-refractivity contribution >= 4 is 83.0 Å². The second kappa shape index (κ2) is 12.9. The number of benzene rings is 6. The Balaban J connectivity index is 1.48. The molecule has 0 unspecified atom stereocenters. The maximum atomic E-state index is 2.43. The maximum absolute atomic E-state index is 2.43. The predicted molar refractivity (Wildman–Crippen MR) is 200 cm³/mol. The number of thioether (sulfide) groups is 3. The first-order valence-electron chi connectivity index (χ1n) is 14.9. The van der Waals surface area contributed by atoms with Gasteiger partial charge < -0.3 is 0 Å². The highest BCUT2D eigenvalue weighted by Gasteiger charge is 2.34. The van der Waals surface area contributed by atoms with E-state index >= 15 is 0 Å². The van der Waals surface area contributed by atoms with Gasteiger partial charge in [-0.05, 0) is 60.2 Å². The van der Waals surface area contributed by atoms with Gasteiger partial charge in [0.25, 0.3) is 0 Å². The van der Waals surface area contributed by atoms with Gasteiger partial charge in [-0.15, -0.1) is 35.3 Å². The van der Waals surface area contributed by atoms with Crippen molar-refractivity contribution in [1.29, 1.82) is 0 Å². The topological polar surface area (TPSA) is 0 Å². The van der Waals surface area contributed by atoms with Gasteiger partial charge in [-0.25, -0.2) is 0 Å². The van der Waals surface area contributed by atoms with E-state index in [2.05, 4.69) is 146 Å². The van der Waals surface area contributed by atoms with Gasteiger partial charge in [0.1, 0.15) is 15.9 Å². The molecule has 6 aromatic carbocycles. The van der Waals surface area contributed by atoms with Crippen molar-refractivity contribution in [3.8, 4) is 0 Å². The normalized spacial score (nSPS) is 17.5. The minimum atomic E-state index is -1.30. The minimum absolute atomic E-state index is 0.789. The van der Waals surface area contributed by atoms with E-state index in [1.54, 1.807) is 0 Å². The molecule has 0 aliphatic carbocycles. The predicted octanol–water partition coefficient (Wildman–Crippen LogP) is 8.44. The monoisotopic (exact) mass is 657 g/mol. The third-order valence-corrected chi connectivity index (χ3v) is 17.8. The summed E-state index contributed by atoms with van der Waals surface area (Å²) in [5, 5.41) is 8.96. The standard InChI is InChI=1S/C39H30P2S3/c1-4-16-31-28(13-1)25-42-37-22-10-7-19-34(37)41-35-20-8-11-23-38(35)43-26-29-14-2-5-17-32(29)40(31)33-18-6-3-15-30(33)27-44-39-24-12-9-21-36(39)41/h1-24H,25-27H2/p+1. The summed E-state index contributed by atoms with van der Waals surface area (Å²) >= 11 is 6.04. The molecule has 0 spiro atoms. The molecule has 44 heavy (non-hydrogen) atoms. The van der Waals surface area contributed by atoms with Crippen LogP contribution in [-0.4, -0.2) is 0 Å². The lowest BCUT2D eigenvalue weighted by Crippen LogP contribution is -2.28. The van der Waals surface area contributed by atoms with Crippen molar-refractivity contribution in [2.24, 2.45) is 0 Å². The van der Waals surface area contributed by atoms with Crippen molar-refractivity contribution in [3.63, 3.8) is 0 Å². The van der Waals surface area contributed by atoms with Gasteiger partial charge in [-0.2, -0.15) is 0 Å². The molecule has 0 fully saturated rings. The zero-order valence-electron chi connectivity index (χ0n) is 24.1. The SMILES string of the molecule is c1ccc2c(c1)CSc1ccccc1P1c3ccccc3SCc3ccccc3[PH+]2c2ccccc2CSc2ccccc21. The summed E-state index contributed by atoms with van der Waals surface area (Å²) in [6, 6.07) is 55.6. The Kier molecular flexibility index (Phi) is 8.42. The lowest BCUT2D eigenvalue weighted by molar-refractivity contribution is 1.40. The highest BCUT2D eigenvalue weighted by Crippen LogP contribution is 2.46. The second-order valence-electron chi connectivity index (χ2n) is 11.0. The average molecular weight is 658 g/mol. The van der Waals surface area contributed by atoms with Crippen LogP contribution in [0.15, 0.2) is 160 Å². The lowest BCUT2D eigenvalue weighted by Gasteiger charge is -2.27. The molecule has 9 rings (SSSR count). The molecule has 0 N–H and O–H groups in total. The zero-order valence-corrected chi connectivity index (χ0v) is 28.5. The van der Waals surface area contributed by atoms with Crippen molar-refractivity contribution in [2.45, 2.75) is 31.9 Å². The molecule has 0 saturated carbocycles. The zero-order chi connectivity index (χ0) is 29.3. The van der Waals surface area contributed by atoms with E-state index in [9.17, 15) is 0 Å². The molecule has 6 aromatic rings. The lowest BCUT2D eigenvalue weighted by atomic mass is 10.2. The molecule has 3 aliphatic rings. The summed E-state index contributed by atoms with van der Waals surface area (Å²) in [6.07, 6.45) is 0. The molecule has 5 heteroatoms. The Bertz CT molecular complexity index is 1600. The highest BCUT2D eigenvalue weighted by atomic mass is 32.2. The van der Waals surface area contributed by atoms with E-state index in [4.69, 9.17) is 0 Å². The smallest absolute Gasteiger partial charge is 0.106 e. The van der Waals surface area contributed by atoms with Gasteiger partial charge in [-0.1, -0.05) is 109 Å². The molecular formula is C39H31P2S3+. The number of rotatable bonds is 0. The number of hydrogen-bond donors (Lipinski definition) is 0. The van der Waals surface area contributed by atoms with Gasteiger partial charge in [0.2, 0.25) is 0 Å². The average Bonchev–Trinajstić information content (AvgIpc) is 3.08. The van der Waals surface area contributed by atoms with E-state index in [-0.39, 0.29) is 0 Å². The summed E-state index contributed by atoms with van der Waals surface area (Å²) in [5.41, 5.74) is 4.39. The van der Waals surface area contributed by atoms with Gasteiger partial charge in [0.05, 0.1) is 7.92 Å². The Labute approximate surface area is 275 Å². The molecule has 0 atom stereocenters. The fraction of sp³-hybridized carbons (Fsp3) is 0.0769. The van der Waals surface area contributed by atoms with E-state index < -0.39 is 15.8 Å². The Hall–Kier alpha value is -2.77. The second-order valence-corrected chi connectivity index (χ2v) is 18.5. The Morgan fingerprint density at radius 3 is 1.02 bits per heavy atom. The molecule has 0 amide bonds. The van der Waals surface area contributed by atoms with Crippen LogP contribution >= 0.6 is 51.1 Å². The summed E-state index contributed by atoms with van der Waals surface area (Å²) in [7, 11) is -2.09. The molecule has 0 aromatic heterocycles. The van der Waals surface area contributed by atoms with Gasteiger partial charge in [0, 0.05) is 48.6 Å². The Morgan fingerprint density at radius 1 is 0.364 bits per heavy atom. The van der Waals surface area contributed by atoms with Crippen LogP contribution in [0.4, 0.5) is 0 Å². The van der Waals surface area contributed by atoms with E-state index in [0.29, 0.717) is 0 Å². The summed E-state index contributed by atoms with van der Waals surface area (Å²) < 4.78 is 0. The van der Waals surface area contributed by atoms with Crippen LogP contribution in [-0.2, 0) is 17.3 Å². The van der Waals surface area contributed by atoms with Crippen LogP contribution < -0.4 is 31.8 Å². The van der Waals surface area contributed by atoms with Crippen molar-refractivity contribution in [1.82, 2.24) is 0 Å². The van der Waals surface area contributed by atoms with Crippen LogP contribution in [0.3, 0.4) is 0 Å². The first kappa shape index (κ1) is 28.7. The molecule has 214 valence electrons. The fourth-order valence-electron chi connectivity index (χ4n) is 6.25. The summed E-state index contributed by atoms with van der Waals surface area (Å²) in [4.78, 5) is 4.20. The maximum Gasteiger partial charge on any atom is 0.106 e. The molecule has 0 radical (unpaired) electrons. The van der Waals surface area contributed by atoms with Gasteiger partial charge in [-0.3, -0.25) is 0 Å². The van der Waals surface area contributed by atoms with Crippen LogP contribution in [0, 0.1) is 0 Å². The van der Waals surface area contributed by atoms with Crippen LogP contribution in [0.1, 0.15) is 16.7 Å². The van der Waals surface area contributed by atoms with Crippen LogP contribution in [0.2, 0.25) is 0 Å². The van der Waals surface area contributed by atoms with Crippen LogP contribution in [0.25, 0.3) is 0 Å². The minimum Gasteiger partial charge on any atom is -0.121 e. The third kappa shape index (κ3) is 5.49. The van der Waals surface area contributed by atoms with Crippen molar-refractivity contribution in [2.75, 3.05) is 0 Å². The van der Waals surface area contributed by atoms with Gasteiger partial charge >= 0.3 is 0 Å².